The molecule has 0 amide bonds. The van der Waals surface area contributed by atoms with Crippen LogP contribution in [-0.4, -0.2) is 5.84 Å². The number of para-hydroxylation sites is 1. The Morgan fingerprint density at radius 3 is 2.29 bits per heavy atom. The molecule has 0 aliphatic heterocycles. The van der Waals surface area contributed by atoms with Gasteiger partial charge in [0.25, 0.3) is 0 Å². The van der Waals surface area contributed by atoms with Crippen LogP contribution in [0.1, 0.15) is 5.56 Å². The molecule has 0 atom stereocenters. The lowest BCUT2D eigenvalue weighted by Gasteiger charge is -2.07. The molecule has 2 aromatic carbocycles. The number of benzene rings is 2. The van der Waals surface area contributed by atoms with Crippen LogP contribution in [0, 0.1) is 5.41 Å². The predicted octanol–water partition coefficient (Wildman–Crippen LogP) is 3.53. The largest absolute Gasteiger partial charge is 0.456 e. The van der Waals surface area contributed by atoms with Crippen LogP contribution >= 0.6 is 15.9 Å². The molecule has 0 unspecified atom stereocenters. The van der Waals surface area contributed by atoms with Gasteiger partial charge in [0.15, 0.2) is 0 Å². The van der Waals surface area contributed by atoms with Gasteiger partial charge in [-0.25, -0.2) is 0 Å². The first-order valence-corrected chi connectivity index (χ1v) is 5.83. The molecule has 0 saturated heterocycles. The van der Waals surface area contributed by atoms with E-state index < -0.39 is 0 Å². The molecule has 0 radical (unpaired) electrons. The molecule has 0 aromatic heterocycles. The highest BCUT2D eigenvalue weighted by molar-refractivity contribution is 9.10. The van der Waals surface area contributed by atoms with E-state index in [9.17, 15) is 0 Å². The monoisotopic (exact) mass is 290 g/mol. The Bertz CT molecular complexity index is 537. The van der Waals surface area contributed by atoms with E-state index in [-0.39, 0.29) is 5.84 Å². The Morgan fingerprint density at radius 1 is 1.06 bits per heavy atom. The van der Waals surface area contributed by atoms with E-state index in [1.54, 1.807) is 24.3 Å². The topological polar surface area (TPSA) is 59.1 Å². The minimum atomic E-state index is 0.0532. The molecule has 0 bridgehead atoms. The molecule has 0 spiro atoms. The van der Waals surface area contributed by atoms with Crippen molar-refractivity contribution in [1.29, 1.82) is 5.41 Å². The van der Waals surface area contributed by atoms with E-state index >= 15 is 0 Å². The van der Waals surface area contributed by atoms with Gasteiger partial charge < -0.3 is 10.5 Å². The summed E-state index contributed by atoms with van der Waals surface area (Å²) in [6, 6.07) is 14.7. The van der Waals surface area contributed by atoms with Gasteiger partial charge in [-0.3, -0.25) is 5.41 Å². The summed E-state index contributed by atoms with van der Waals surface area (Å²) in [5.74, 6) is 1.52. The fraction of sp³-hybridized carbons (Fsp3) is 0. The van der Waals surface area contributed by atoms with Crippen molar-refractivity contribution in [3.05, 3.63) is 58.6 Å². The highest BCUT2D eigenvalue weighted by atomic mass is 79.9. The smallest absolute Gasteiger partial charge is 0.141 e. The third kappa shape index (κ3) is 2.85. The average molecular weight is 291 g/mol. The van der Waals surface area contributed by atoms with Crippen LogP contribution in [0.25, 0.3) is 0 Å². The quantitative estimate of drug-likeness (QED) is 0.671. The van der Waals surface area contributed by atoms with E-state index in [4.69, 9.17) is 15.9 Å². The van der Waals surface area contributed by atoms with E-state index in [2.05, 4.69) is 15.9 Å². The first kappa shape index (κ1) is 11.7. The van der Waals surface area contributed by atoms with Crippen molar-refractivity contribution >= 4 is 21.8 Å². The number of amidine groups is 1. The number of nitrogens with one attached hydrogen (secondary N) is 1. The fourth-order valence-corrected chi connectivity index (χ4v) is 1.72. The van der Waals surface area contributed by atoms with Crippen LogP contribution < -0.4 is 10.5 Å². The van der Waals surface area contributed by atoms with Gasteiger partial charge in [-0.2, -0.15) is 0 Å². The maximum atomic E-state index is 7.29. The zero-order valence-corrected chi connectivity index (χ0v) is 10.6. The molecular weight excluding hydrogens is 280 g/mol. The van der Waals surface area contributed by atoms with Crippen molar-refractivity contribution in [2.24, 2.45) is 5.73 Å². The summed E-state index contributed by atoms with van der Waals surface area (Å²) < 4.78 is 6.58. The van der Waals surface area contributed by atoms with Gasteiger partial charge in [0.05, 0.1) is 4.47 Å². The van der Waals surface area contributed by atoms with E-state index in [0.717, 1.165) is 10.2 Å². The zero-order valence-electron chi connectivity index (χ0n) is 8.98. The normalized spacial score (nSPS) is 9.94. The molecular formula is C13H11BrN2O. The number of rotatable bonds is 3. The van der Waals surface area contributed by atoms with Crippen LogP contribution in [0.2, 0.25) is 0 Å². The standard InChI is InChI=1S/C13H11BrN2O/c14-11-3-1-2-4-12(11)17-10-7-5-9(6-8-10)13(15)16/h1-8H,(H3,15,16). The molecule has 0 saturated carbocycles. The second-order valence-corrected chi connectivity index (χ2v) is 4.32. The molecule has 17 heavy (non-hydrogen) atoms. The summed E-state index contributed by atoms with van der Waals surface area (Å²) >= 11 is 3.41. The Morgan fingerprint density at radius 2 is 1.71 bits per heavy atom. The molecule has 0 fully saturated rings. The van der Waals surface area contributed by atoms with Crippen LogP contribution in [0.3, 0.4) is 0 Å². The highest BCUT2D eigenvalue weighted by Gasteiger charge is 2.02. The van der Waals surface area contributed by atoms with Gasteiger partial charge in [-0.05, 0) is 52.3 Å². The summed E-state index contributed by atoms with van der Waals surface area (Å²) in [6.45, 7) is 0. The Balaban J connectivity index is 2.20. The maximum absolute atomic E-state index is 7.29. The molecule has 2 rings (SSSR count). The molecule has 0 aliphatic rings. The van der Waals surface area contributed by atoms with Gasteiger partial charge in [-0.1, -0.05) is 12.1 Å². The number of nitrogens with two attached hydrogens (primary N) is 1. The Hall–Kier alpha value is -1.81. The molecule has 2 aromatic rings. The van der Waals surface area contributed by atoms with Crippen LogP contribution in [0.5, 0.6) is 11.5 Å². The second kappa shape index (κ2) is 5.01. The lowest BCUT2D eigenvalue weighted by atomic mass is 10.2. The summed E-state index contributed by atoms with van der Waals surface area (Å²) in [5.41, 5.74) is 6.06. The van der Waals surface area contributed by atoms with Gasteiger partial charge in [0.1, 0.15) is 17.3 Å². The van der Waals surface area contributed by atoms with E-state index in [1.807, 2.05) is 24.3 Å². The molecule has 4 heteroatoms. The lowest BCUT2D eigenvalue weighted by molar-refractivity contribution is 0.479. The third-order valence-corrected chi connectivity index (χ3v) is 2.88. The lowest BCUT2D eigenvalue weighted by Crippen LogP contribution is -2.10. The Labute approximate surface area is 108 Å². The van der Waals surface area contributed by atoms with Crippen LogP contribution in [-0.2, 0) is 0 Å². The number of hydrogen-bond acceptors (Lipinski definition) is 2. The van der Waals surface area contributed by atoms with Crippen LogP contribution in [0.4, 0.5) is 0 Å². The van der Waals surface area contributed by atoms with Crippen molar-refractivity contribution in [2.45, 2.75) is 0 Å². The van der Waals surface area contributed by atoms with Crippen molar-refractivity contribution in [3.8, 4) is 11.5 Å². The first-order valence-electron chi connectivity index (χ1n) is 5.03. The summed E-state index contributed by atoms with van der Waals surface area (Å²) in [4.78, 5) is 0. The molecule has 3 nitrogen and oxygen atoms in total. The summed E-state index contributed by atoms with van der Waals surface area (Å²) in [6.07, 6.45) is 0. The van der Waals surface area contributed by atoms with Crippen molar-refractivity contribution in [3.63, 3.8) is 0 Å². The summed E-state index contributed by atoms with van der Waals surface area (Å²) in [7, 11) is 0. The SMILES string of the molecule is N=C(N)c1ccc(Oc2ccccc2Br)cc1. The van der Waals surface area contributed by atoms with Crippen LogP contribution in [0.15, 0.2) is 53.0 Å². The minimum Gasteiger partial charge on any atom is -0.456 e. The molecule has 0 heterocycles. The van der Waals surface area contributed by atoms with Crippen molar-refractivity contribution in [1.82, 2.24) is 0 Å². The van der Waals surface area contributed by atoms with Gasteiger partial charge in [0, 0.05) is 5.56 Å². The number of ether oxygens (including phenoxy) is 1. The Kier molecular flexibility index (Phi) is 3.44. The average Bonchev–Trinajstić information content (AvgIpc) is 2.33. The number of hydrogen-bond donors (Lipinski definition) is 2. The van der Waals surface area contributed by atoms with Gasteiger partial charge in [-0.15, -0.1) is 0 Å². The maximum Gasteiger partial charge on any atom is 0.141 e. The third-order valence-electron chi connectivity index (χ3n) is 2.23. The van der Waals surface area contributed by atoms with E-state index in [1.165, 1.54) is 0 Å². The fourth-order valence-electron chi connectivity index (χ4n) is 1.36. The first-order chi connectivity index (χ1) is 8.16. The molecule has 86 valence electrons. The number of halogens is 1. The highest BCUT2D eigenvalue weighted by Crippen LogP contribution is 2.29. The van der Waals surface area contributed by atoms with Crippen molar-refractivity contribution in [2.75, 3.05) is 0 Å². The molecule has 3 N–H and O–H groups in total. The van der Waals surface area contributed by atoms with E-state index in [0.29, 0.717) is 11.3 Å². The zero-order chi connectivity index (χ0) is 12.3. The summed E-state index contributed by atoms with van der Waals surface area (Å²) in [5, 5.41) is 7.29. The van der Waals surface area contributed by atoms with Gasteiger partial charge in [0.2, 0.25) is 0 Å². The van der Waals surface area contributed by atoms with Crippen molar-refractivity contribution < 1.29 is 4.74 Å². The predicted molar refractivity (Wildman–Crippen MR) is 71.7 cm³/mol. The molecule has 0 aliphatic carbocycles. The van der Waals surface area contributed by atoms with Gasteiger partial charge >= 0.3 is 0 Å². The number of nitrogen functional groups attached to an aromatic ring is 1. The minimum absolute atomic E-state index is 0.0532. The second-order valence-electron chi connectivity index (χ2n) is 3.47.